The van der Waals surface area contributed by atoms with E-state index < -0.39 is 66.5 Å². The lowest BCUT2D eigenvalue weighted by molar-refractivity contribution is -0.143. The molecule has 1 aromatic carbocycles. The zero-order chi connectivity index (χ0) is 21.8. The van der Waals surface area contributed by atoms with E-state index in [1.165, 1.54) is 4.98 Å². The molecule has 2 rings (SSSR count). The highest BCUT2D eigenvalue weighted by Gasteiger charge is 2.41. The number of H-pyrrole nitrogens is 1. The summed E-state index contributed by atoms with van der Waals surface area (Å²) in [6.07, 6.45) is -10.4. The summed E-state index contributed by atoms with van der Waals surface area (Å²) in [6.45, 7) is 0. The van der Waals surface area contributed by atoms with Crippen LogP contribution in [0.25, 0.3) is 11.1 Å². The van der Waals surface area contributed by atoms with Crippen LogP contribution in [-0.4, -0.2) is 24.2 Å². The molecule has 0 spiro atoms. The van der Waals surface area contributed by atoms with E-state index in [4.69, 9.17) is 0 Å². The highest BCUT2D eigenvalue weighted by Crippen LogP contribution is 2.40. The van der Waals surface area contributed by atoms with E-state index in [1.54, 1.807) is 0 Å². The smallest absolute Gasteiger partial charge is 0.292 e. The summed E-state index contributed by atoms with van der Waals surface area (Å²) in [5.74, 6) is -1.94. The van der Waals surface area contributed by atoms with Crippen molar-refractivity contribution in [2.24, 2.45) is 7.05 Å². The third-order valence-corrected chi connectivity index (χ3v) is 4.77. The Morgan fingerprint density at radius 1 is 1.00 bits per heavy atom. The van der Waals surface area contributed by atoms with Gasteiger partial charge in [0.15, 0.2) is 9.84 Å². The van der Waals surface area contributed by atoms with E-state index in [2.05, 4.69) is 0 Å². The molecule has 0 unspecified atom stereocenters. The summed E-state index contributed by atoms with van der Waals surface area (Å²) in [5, 5.41) is 0. The molecular weight excluding hydrogens is 425 g/mol. The molecule has 0 aliphatic heterocycles. The fourth-order valence-corrected chi connectivity index (χ4v) is 3.38. The van der Waals surface area contributed by atoms with E-state index >= 15 is 0 Å². The van der Waals surface area contributed by atoms with Crippen LogP contribution in [0.15, 0.2) is 26.6 Å². The molecule has 28 heavy (non-hydrogen) atoms. The molecule has 1 N–H and O–H groups in total. The predicted molar refractivity (Wildman–Crippen MR) is 80.8 cm³/mol. The van der Waals surface area contributed by atoms with Gasteiger partial charge < -0.3 is 0 Å². The summed E-state index contributed by atoms with van der Waals surface area (Å²) in [4.78, 5) is 23.3. The fraction of sp³-hybridized carbons (Fsp3) is 0.286. The second kappa shape index (κ2) is 6.46. The maximum Gasteiger partial charge on any atom is 0.432 e. The van der Waals surface area contributed by atoms with Gasteiger partial charge in [-0.3, -0.25) is 14.3 Å². The predicted octanol–water partition coefficient (Wildman–Crippen LogP) is 2.32. The number of alkyl halides is 6. The molecule has 0 saturated heterocycles. The maximum absolute atomic E-state index is 14.3. The lowest BCUT2D eigenvalue weighted by Gasteiger charge is -2.18. The van der Waals surface area contributed by atoms with Gasteiger partial charge in [-0.2, -0.15) is 26.3 Å². The van der Waals surface area contributed by atoms with Gasteiger partial charge in [0, 0.05) is 18.9 Å². The summed E-state index contributed by atoms with van der Waals surface area (Å²) in [5.41, 5.74) is -10.1. The number of nitrogens with one attached hydrogen (secondary N) is 1. The molecule has 0 aliphatic carbocycles. The van der Waals surface area contributed by atoms with E-state index in [1.807, 2.05) is 0 Å². The second-order valence-corrected chi connectivity index (χ2v) is 7.62. The zero-order valence-electron chi connectivity index (χ0n) is 13.8. The molecule has 0 fully saturated rings. The average molecular weight is 434 g/mol. The van der Waals surface area contributed by atoms with Crippen molar-refractivity contribution < 1.29 is 39.2 Å². The minimum Gasteiger partial charge on any atom is -0.292 e. The molecule has 0 saturated carbocycles. The Hall–Kier alpha value is -2.64. The molecule has 0 radical (unpaired) electrons. The molecule has 2 aromatic rings. The Balaban J connectivity index is 3.10. The number of benzene rings is 1. The summed E-state index contributed by atoms with van der Waals surface area (Å²) in [6, 6.07) is -0.339. The summed E-state index contributed by atoms with van der Waals surface area (Å²) < 4.78 is 117. The fourth-order valence-electron chi connectivity index (χ4n) is 2.48. The topological polar surface area (TPSA) is 89.0 Å². The van der Waals surface area contributed by atoms with Crippen LogP contribution in [0.3, 0.4) is 0 Å². The molecule has 1 heterocycles. The first-order valence-electron chi connectivity index (χ1n) is 6.98. The molecule has 0 bridgehead atoms. The quantitative estimate of drug-likeness (QED) is 0.581. The highest BCUT2D eigenvalue weighted by molar-refractivity contribution is 7.90. The molecule has 14 heteroatoms. The standard InChI is InChI=1S/C14H9F7N2O4S/c1-23-10(14(19,20)21)9(11(24)22-12(23)25)5-3-8(28(2,26)27)6(4-7(5)15)13(16,17)18/h3-4H,1-2H3,(H,22,24,25). The Labute approximate surface area is 151 Å². The van der Waals surface area contributed by atoms with Gasteiger partial charge in [-0.1, -0.05) is 0 Å². The van der Waals surface area contributed by atoms with Gasteiger partial charge >= 0.3 is 18.0 Å². The Morgan fingerprint density at radius 2 is 1.54 bits per heavy atom. The second-order valence-electron chi connectivity index (χ2n) is 5.64. The number of hydrogen-bond donors (Lipinski definition) is 1. The average Bonchev–Trinajstić information content (AvgIpc) is 2.47. The SMILES string of the molecule is Cn1c(C(F)(F)F)c(-c2cc(S(C)(=O)=O)c(C(F)(F)F)cc2F)c(=O)[nH]c1=O. The minimum atomic E-state index is -5.39. The first kappa shape index (κ1) is 21.7. The molecule has 1 aromatic heterocycles. The van der Waals surface area contributed by atoms with Gasteiger partial charge in [-0.05, 0) is 12.1 Å². The molecule has 0 amide bonds. The van der Waals surface area contributed by atoms with Gasteiger partial charge in [0.05, 0.1) is 16.0 Å². The van der Waals surface area contributed by atoms with Crippen molar-refractivity contribution in [2.75, 3.05) is 6.26 Å². The minimum absolute atomic E-state index is 0.0161. The van der Waals surface area contributed by atoms with Crippen LogP contribution < -0.4 is 11.2 Å². The van der Waals surface area contributed by atoms with Crippen LogP contribution in [-0.2, 0) is 29.2 Å². The van der Waals surface area contributed by atoms with Crippen LogP contribution in [0.2, 0.25) is 0 Å². The van der Waals surface area contributed by atoms with Gasteiger partial charge in [0.1, 0.15) is 11.5 Å². The number of aromatic amines is 1. The Kier molecular flexibility index (Phi) is 5.00. The van der Waals surface area contributed by atoms with Crippen molar-refractivity contribution in [2.45, 2.75) is 17.2 Å². The third-order valence-electron chi connectivity index (χ3n) is 3.64. The van der Waals surface area contributed by atoms with Gasteiger partial charge in [-0.15, -0.1) is 0 Å². The van der Waals surface area contributed by atoms with Crippen molar-refractivity contribution in [1.29, 1.82) is 0 Å². The van der Waals surface area contributed by atoms with Gasteiger partial charge in [0.25, 0.3) is 5.56 Å². The third kappa shape index (κ3) is 3.81. The number of rotatable bonds is 2. The van der Waals surface area contributed by atoms with Gasteiger partial charge in [-0.25, -0.2) is 17.6 Å². The number of sulfone groups is 1. The van der Waals surface area contributed by atoms with Crippen LogP contribution in [0.1, 0.15) is 11.3 Å². The van der Waals surface area contributed by atoms with Crippen LogP contribution in [0.4, 0.5) is 30.7 Å². The number of nitrogens with zero attached hydrogens (tertiary/aromatic N) is 1. The summed E-state index contributed by atoms with van der Waals surface area (Å²) in [7, 11) is -4.10. The van der Waals surface area contributed by atoms with Crippen LogP contribution in [0.5, 0.6) is 0 Å². The monoisotopic (exact) mass is 434 g/mol. The summed E-state index contributed by atoms with van der Waals surface area (Å²) >= 11 is 0. The van der Waals surface area contributed by atoms with Gasteiger partial charge in [0.2, 0.25) is 0 Å². The molecule has 0 aliphatic rings. The highest BCUT2D eigenvalue weighted by atomic mass is 32.2. The van der Waals surface area contributed by atoms with Crippen molar-refractivity contribution in [3.63, 3.8) is 0 Å². The van der Waals surface area contributed by atoms with Crippen LogP contribution >= 0.6 is 0 Å². The van der Waals surface area contributed by atoms with E-state index in [0.717, 1.165) is 0 Å². The first-order chi connectivity index (χ1) is 12.5. The Bertz CT molecular complexity index is 1170. The normalized spacial score (nSPS) is 13.0. The zero-order valence-corrected chi connectivity index (χ0v) is 14.6. The molecule has 0 atom stereocenters. The number of halogens is 7. The van der Waals surface area contributed by atoms with E-state index in [0.29, 0.717) is 13.3 Å². The number of aromatic nitrogens is 2. The largest absolute Gasteiger partial charge is 0.432 e. The first-order valence-corrected chi connectivity index (χ1v) is 8.87. The molecular formula is C14H9F7N2O4S. The van der Waals surface area contributed by atoms with E-state index in [9.17, 15) is 48.7 Å². The molecule has 6 nitrogen and oxygen atoms in total. The number of hydrogen-bond acceptors (Lipinski definition) is 4. The van der Waals surface area contributed by atoms with Crippen molar-refractivity contribution in [3.05, 3.63) is 50.0 Å². The van der Waals surface area contributed by atoms with E-state index in [-0.39, 0.29) is 16.7 Å². The van der Waals surface area contributed by atoms with Crippen molar-refractivity contribution in [1.82, 2.24) is 9.55 Å². The lowest BCUT2D eigenvalue weighted by atomic mass is 10.0. The molecule has 154 valence electrons. The lowest BCUT2D eigenvalue weighted by Crippen LogP contribution is -2.35. The maximum atomic E-state index is 14.3. The van der Waals surface area contributed by atoms with Crippen molar-refractivity contribution in [3.8, 4) is 11.1 Å². The Morgan fingerprint density at radius 3 is 1.96 bits per heavy atom. The van der Waals surface area contributed by atoms with Crippen molar-refractivity contribution >= 4 is 9.84 Å². The van der Waals surface area contributed by atoms with Crippen LogP contribution in [0, 0.1) is 5.82 Å².